The van der Waals surface area contributed by atoms with Gasteiger partial charge in [0.05, 0.1) is 11.2 Å². The van der Waals surface area contributed by atoms with Gasteiger partial charge in [0.15, 0.2) is 0 Å². The third-order valence-electron chi connectivity index (χ3n) is 7.67. The second kappa shape index (κ2) is 7.90. The minimum atomic E-state index is -1.86. The van der Waals surface area contributed by atoms with E-state index >= 15 is 0 Å². The zero-order valence-electron chi connectivity index (χ0n) is 20.4. The van der Waals surface area contributed by atoms with Crippen molar-refractivity contribution in [2.75, 3.05) is 4.90 Å². The number of hydrogen-bond donors (Lipinski definition) is 0. The molecule has 0 unspecified atom stereocenters. The topological polar surface area (TPSA) is 16.1 Å². The number of hydrogen-bond acceptors (Lipinski definition) is 2. The minimum Gasteiger partial charge on any atom is -0.309 e. The fraction of sp³-hybridized carbons (Fsp3) is 0.0606. The smallest absolute Gasteiger partial charge is 0.117 e. The lowest BCUT2D eigenvalue weighted by molar-refractivity contribution is 1.30. The molecule has 1 aromatic heterocycles. The highest BCUT2D eigenvalue weighted by Crippen LogP contribution is 2.48. The maximum atomic E-state index is 4.99. The van der Waals surface area contributed by atoms with Crippen molar-refractivity contribution in [3.8, 4) is 11.1 Å². The molecule has 1 aliphatic heterocycles. The molecule has 1 aliphatic rings. The summed E-state index contributed by atoms with van der Waals surface area (Å²) in [6.07, 6.45) is 1.92. The fourth-order valence-corrected chi connectivity index (χ4v) is 9.01. The Kier molecular flexibility index (Phi) is 4.63. The molecule has 0 spiro atoms. The van der Waals surface area contributed by atoms with Crippen molar-refractivity contribution in [3.05, 3.63) is 121 Å². The number of rotatable bonds is 2. The predicted molar refractivity (Wildman–Crippen MR) is 156 cm³/mol. The quantitative estimate of drug-likeness (QED) is 0.188. The number of nitrogens with zero attached hydrogens (tertiary/aromatic N) is 2. The van der Waals surface area contributed by atoms with Crippen LogP contribution in [0.2, 0.25) is 13.1 Å². The van der Waals surface area contributed by atoms with E-state index in [9.17, 15) is 0 Å². The van der Waals surface area contributed by atoms with Gasteiger partial charge in [-0.2, -0.15) is 0 Å². The van der Waals surface area contributed by atoms with Gasteiger partial charge in [0, 0.05) is 33.9 Å². The Bertz CT molecular complexity index is 1670. The predicted octanol–water partition coefficient (Wildman–Crippen LogP) is 7.66. The lowest BCUT2D eigenvalue weighted by Gasteiger charge is -2.41. The molecule has 0 saturated carbocycles. The molecule has 0 radical (unpaired) electrons. The van der Waals surface area contributed by atoms with Crippen LogP contribution >= 0.6 is 0 Å². The van der Waals surface area contributed by atoms with Gasteiger partial charge in [-0.05, 0) is 45.6 Å². The van der Waals surface area contributed by atoms with E-state index in [1.165, 1.54) is 54.7 Å². The monoisotopic (exact) mass is 478 g/mol. The normalized spacial score (nSPS) is 14.0. The molecule has 0 atom stereocenters. The van der Waals surface area contributed by atoms with Crippen molar-refractivity contribution in [2.24, 2.45) is 0 Å². The number of pyridine rings is 1. The Balaban J connectivity index is 1.67. The van der Waals surface area contributed by atoms with Gasteiger partial charge in [0.2, 0.25) is 0 Å². The van der Waals surface area contributed by atoms with E-state index in [2.05, 4.69) is 133 Å². The molecule has 6 aromatic rings. The van der Waals surface area contributed by atoms with Crippen LogP contribution in [0.15, 0.2) is 121 Å². The van der Waals surface area contributed by atoms with Gasteiger partial charge in [-0.25, -0.2) is 0 Å². The van der Waals surface area contributed by atoms with E-state index < -0.39 is 8.07 Å². The molecule has 0 saturated heterocycles. The molecule has 2 heterocycles. The van der Waals surface area contributed by atoms with E-state index in [4.69, 9.17) is 4.98 Å². The lowest BCUT2D eigenvalue weighted by atomic mass is 9.92. The van der Waals surface area contributed by atoms with Gasteiger partial charge in [0.1, 0.15) is 8.07 Å². The first-order chi connectivity index (χ1) is 17.7. The number of aromatic nitrogens is 1. The molecule has 0 aliphatic carbocycles. The first-order valence-corrected chi connectivity index (χ1v) is 15.5. The first kappa shape index (κ1) is 21.1. The summed E-state index contributed by atoms with van der Waals surface area (Å²) in [5.41, 5.74) is 7.20. The number of fused-ring (bicyclic) bond motifs is 4. The summed E-state index contributed by atoms with van der Waals surface area (Å²) in [6.45, 7) is 4.94. The van der Waals surface area contributed by atoms with Gasteiger partial charge < -0.3 is 4.90 Å². The molecule has 2 nitrogen and oxygen atoms in total. The maximum absolute atomic E-state index is 4.99. The largest absolute Gasteiger partial charge is 0.309 e. The summed E-state index contributed by atoms with van der Waals surface area (Å²) in [4.78, 5) is 7.49. The Morgan fingerprint density at radius 1 is 0.556 bits per heavy atom. The summed E-state index contributed by atoms with van der Waals surface area (Å²) < 4.78 is 0. The number of benzene rings is 5. The highest BCUT2D eigenvalue weighted by atomic mass is 28.3. The van der Waals surface area contributed by atoms with Crippen molar-refractivity contribution in [1.82, 2.24) is 4.98 Å². The third kappa shape index (κ3) is 2.93. The van der Waals surface area contributed by atoms with Crippen LogP contribution in [0.4, 0.5) is 17.1 Å². The van der Waals surface area contributed by atoms with E-state index in [0.717, 1.165) is 5.52 Å². The molecule has 0 fully saturated rings. The Morgan fingerprint density at radius 2 is 1.11 bits per heavy atom. The van der Waals surface area contributed by atoms with Gasteiger partial charge in [-0.15, -0.1) is 0 Å². The fourth-order valence-electron chi connectivity index (χ4n) is 6.02. The molecule has 5 aromatic carbocycles. The van der Waals surface area contributed by atoms with Crippen LogP contribution in [0, 0.1) is 0 Å². The van der Waals surface area contributed by atoms with Crippen molar-refractivity contribution in [2.45, 2.75) is 13.1 Å². The van der Waals surface area contributed by atoms with Gasteiger partial charge in [0.25, 0.3) is 0 Å². The zero-order valence-corrected chi connectivity index (χ0v) is 21.4. The number of anilines is 3. The molecule has 0 amide bonds. The van der Waals surface area contributed by atoms with Crippen LogP contribution in [0.3, 0.4) is 0 Å². The first-order valence-electron chi connectivity index (χ1n) is 12.5. The minimum absolute atomic E-state index is 1.04. The standard InChI is InChI=1S/C33H26N2Si/c1-36(2)29-20-10-8-18-27(29)35(28-19-9-11-21-30(28)36)33-25-16-7-6-15-24(25)31(23-13-4-3-5-14-23)32-26(33)17-12-22-34-32/h3-22H,1-2H3. The van der Waals surface area contributed by atoms with E-state index in [-0.39, 0.29) is 0 Å². The average Bonchev–Trinajstić information content (AvgIpc) is 2.93. The van der Waals surface area contributed by atoms with Crippen LogP contribution in [0.25, 0.3) is 32.8 Å². The van der Waals surface area contributed by atoms with Crippen molar-refractivity contribution >= 4 is 57.2 Å². The Labute approximate surface area is 212 Å². The summed E-state index contributed by atoms with van der Waals surface area (Å²) >= 11 is 0. The van der Waals surface area contributed by atoms with Crippen LogP contribution in [0.5, 0.6) is 0 Å². The van der Waals surface area contributed by atoms with E-state index in [1.54, 1.807) is 0 Å². The van der Waals surface area contributed by atoms with Crippen LogP contribution in [-0.2, 0) is 0 Å². The summed E-state index contributed by atoms with van der Waals surface area (Å²) in [6, 6.07) is 41.8. The molecule has 36 heavy (non-hydrogen) atoms. The molecule has 0 N–H and O–H groups in total. The lowest BCUT2D eigenvalue weighted by Crippen LogP contribution is -2.58. The van der Waals surface area contributed by atoms with Crippen molar-refractivity contribution < 1.29 is 0 Å². The van der Waals surface area contributed by atoms with E-state index in [1.807, 2.05) is 6.20 Å². The molecule has 7 rings (SSSR count). The van der Waals surface area contributed by atoms with Crippen molar-refractivity contribution in [3.63, 3.8) is 0 Å². The molecule has 0 bridgehead atoms. The highest BCUT2D eigenvalue weighted by molar-refractivity contribution is 7.02. The van der Waals surface area contributed by atoms with Crippen LogP contribution < -0.4 is 15.3 Å². The highest BCUT2D eigenvalue weighted by Gasteiger charge is 2.39. The summed E-state index contributed by atoms with van der Waals surface area (Å²) in [5, 5.41) is 6.57. The van der Waals surface area contributed by atoms with Crippen molar-refractivity contribution in [1.29, 1.82) is 0 Å². The molecular formula is C33H26N2Si. The second-order valence-corrected chi connectivity index (χ2v) is 14.4. The molecule has 3 heteroatoms. The van der Waals surface area contributed by atoms with Gasteiger partial charge in [-0.3, -0.25) is 4.98 Å². The third-order valence-corrected chi connectivity index (χ3v) is 11.2. The van der Waals surface area contributed by atoms with Gasteiger partial charge in [-0.1, -0.05) is 104 Å². The Morgan fingerprint density at radius 3 is 1.81 bits per heavy atom. The SMILES string of the molecule is C[Si]1(C)c2ccccc2N(c2c3ccccc3c(-c3ccccc3)c3ncccc23)c2ccccc21. The van der Waals surface area contributed by atoms with E-state index in [0.29, 0.717) is 0 Å². The molecular weight excluding hydrogens is 452 g/mol. The number of para-hydroxylation sites is 2. The Hall–Kier alpha value is -4.21. The molecule has 172 valence electrons. The summed E-state index contributed by atoms with van der Waals surface area (Å²) in [5.74, 6) is 0. The zero-order chi connectivity index (χ0) is 24.3. The maximum Gasteiger partial charge on any atom is 0.117 e. The van der Waals surface area contributed by atoms with Crippen LogP contribution in [-0.4, -0.2) is 13.1 Å². The van der Waals surface area contributed by atoms with Crippen LogP contribution in [0.1, 0.15) is 0 Å². The van der Waals surface area contributed by atoms with Gasteiger partial charge >= 0.3 is 0 Å². The average molecular weight is 479 g/mol. The second-order valence-electron chi connectivity index (χ2n) is 10.0. The summed E-state index contributed by atoms with van der Waals surface area (Å²) in [7, 11) is -1.86.